The second-order valence-electron chi connectivity index (χ2n) is 6.39. The summed E-state index contributed by atoms with van der Waals surface area (Å²) in [4.78, 5) is 8.01. The molecule has 0 unspecified atom stereocenters. The molecule has 3 rings (SSSR count). The van der Waals surface area contributed by atoms with E-state index in [2.05, 4.69) is 16.9 Å². The van der Waals surface area contributed by atoms with Crippen LogP contribution in [0.5, 0.6) is 0 Å². The average molecular weight is 324 g/mol. The minimum Gasteiger partial charge on any atom is -0.352 e. The van der Waals surface area contributed by atoms with Gasteiger partial charge in [0, 0.05) is 19.1 Å². The molecule has 0 spiro atoms. The van der Waals surface area contributed by atoms with E-state index < -0.39 is 11.9 Å². The predicted molar refractivity (Wildman–Crippen MR) is 79.9 cm³/mol. The SMILES string of the molecule is CN1CC[C@@H]2[C@H](CCCN2c2nc(C(F)(F)F)ccc2C#N)C1. The van der Waals surface area contributed by atoms with Crippen LogP contribution in [-0.4, -0.2) is 42.6 Å². The fourth-order valence-electron chi connectivity index (χ4n) is 3.76. The highest BCUT2D eigenvalue weighted by Crippen LogP contribution is 2.36. The number of piperidine rings is 2. The minimum atomic E-state index is -4.50. The number of anilines is 1. The van der Waals surface area contributed by atoms with E-state index in [1.807, 2.05) is 11.0 Å². The molecule has 3 heterocycles. The number of fused-ring (bicyclic) bond motifs is 1. The van der Waals surface area contributed by atoms with Crippen LogP contribution >= 0.6 is 0 Å². The zero-order valence-electron chi connectivity index (χ0n) is 13.0. The average Bonchev–Trinajstić information content (AvgIpc) is 2.52. The Balaban J connectivity index is 1.97. The van der Waals surface area contributed by atoms with Gasteiger partial charge in [0.25, 0.3) is 0 Å². The van der Waals surface area contributed by atoms with Gasteiger partial charge in [0.05, 0.1) is 5.56 Å². The molecular weight excluding hydrogens is 305 g/mol. The van der Waals surface area contributed by atoms with Crippen molar-refractivity contribution < 1.29 is 13.2 Å². The lowest BCUT2D eigenvalue weighted by Crippen LogP contribution is -2.53. The summed E-state index contributed by atoms with van der Waals surface area (Å²) < 4.78 is 39.0. The normalized spacial score (nSPS) is 25.8. The van der Waals surface area contributed by atoms with Crippen LogP contribution in [0.1, 0.15) is 30.5 Å². The third kappa shape index (κ3) is 3.13. The molecule has 0 N–H and O–H groups in total. The summed E-state index contributed by atoms with van der Waals surface area (Å²) in [5.74, 6) is 0.618. The Morgan fingerprint density at radius 1 is 1.26 bits per heavy atom. The van der Waals surface area contributed by atoms with Gasteiger partial charge in [0.15, 0.2) is 0 Å². The van der Waals surface area contributed by atoms with Gasteiger partial charge in [0.2, 0.25) is 0 Å². The number of rotatable bonds is 1. The van der Waals surface area contributed by atoms with Gasteiger partial charge < -0.3 is 9.80 Å². The topological polar surface area (TPSA) is 43.2 Å². The Kier molecular flexibility index (Phi) is 4.19. The summed E-state index contributed by atoms with van der Waals surface area (Å²) in [7, 11) is 2.07. The number of likely N-dealkylation sites (tertiary alicyclic amines) is 1. The maximum absolute atomic E-state index is 13.0. The Bertz CT molecular complexity index is 623. The van der Waals surface area contributed by atoms with Crippen LogP contribution in [-0.2, 0) is 6.18 Å². The van der Waals surface area contributed by atoms with Gasteiger partial charge in [-0.15, -0.1) is 0 Å². The highest BCUT2D eigenvalue weighted by atomic mass is 19.4. The molecule has 0 aliphatic carbocycles. The van der Waals surface area contributed by atoms with E-state index in [1.165, 1.54) is 6.07 Å². The van der Waals surface area contributed by atoms with E-state index >= 15 is 0 Å². The molecule has 1 aromatic heterocycles. The van der Waals surface area contributed by atoms with Crippen LogP contribution in [0.3, 0.4) is 0 Å². The molecule has 0 saturated carbocycles. The van der Waals surface area contributed by atoms with E-state index in [4.69, 9.17) is 0 Å². The van der Waals surface area contributed by atoms with Crippen LogP contribution in [0.2, 0.25) is 0 Å². The Morgan fingerprint density at radius 2 is 2.04 bits per heavy atom. The zero-order chi connectivity index (χ0) is 16.6. The molecular formula is C16H19F3N4. The van der Waals surface area contributed by atoms with Crippen molar-refractivity contribution in [2.75, 3.05) is 31.6 Å². The van der Waals surface area contributed by atoms with Crippen LogP contribution in [0.4, 0.5) is 19.0 Å². The van der Waals surface area contributed by atoms with Crippen LogP contribution in [0.25, 0.3) is 0 Å². The molecule has 2 fully saturated rings. The molecule has 23 heavy (non-hydrogen) atoms. The monoisotopic (exact) mass is 324 g/mol. The summed E-state index contributed by atoms with van der Waals surface area (Å²) in [5, 5.41) is 9.27. The lowest BCUT2D eigenvalue weighted by atomic mass is 9.84. The van der Waals surface area contributed by atoms with Crippen molar-refractivity contribution in [1.29, 1.82) is 5.26 Å². The first kappa shape index (κ1) is 16.1. The van der Waals surface area contributed by atoms with Crippen LogP contribution in [0, 0.1) is 17.2 Å². The van der Waals surface area contributed by atoms with E-state index in [-0.39, 0.29) is 17.4 Å². The van der Waals surface area contributed by atoms with Crippen molar-refractivity contribution in [2.45, 2.75) is 31.5 Å². The molecule has 2 aliphatic rings. The molecule has 2 atom stereocenters. The minimum absolute atomic E-state index is 0.169. The predicted octanol–water partition coefficient (Wildman–Crippen LogP) is 2.89. The molecule has 4 nitrogen and oxygen atoms in total. The van der Waals surface area contributed by atoms with Crippen molar-refractivity contribution in [1.82, 2.24) is 9.88 Å². The van der Waals surface area contributed by atoms with Gasteiger partial charge in [-0.3, -0.25) is 0 Å². The van der Waals surface area contributed by atoms with Gasteiger partial charge in [-0.2, -0.15) is 18.4 Å². The number of pyridine rings is 1. The molecule has 7 heteroatoms. The maximum Gasteiger partial charge on any atom is 0.433 e. The molecule has 0 radical (unpaired) electrons. The number of alkyl halides is 3. The van der Waals surface area contributed by atoms with Gasteiger partial charge in [-0.25, -0.2) is 4.98 Å². The number of hydrogen-bond donors (Lipinski definition) is 0. The van der Waals surface area contributed by atoms with Crippen LogP contribution < -0.4 is 4.90 Å². The van der Waals surface area contributed by atoms with E-state index in [9.17, 15) is 18.4 Å². The largest absolute Gasteiger partial charge is 0.433 e. The fourth-order valence-corrected chi connectivity index (χ4v) is 3.76. The van der Waals surface area contributed by atoms with Crippen molar-refractivity contribution in [3.8, 4) is 6.07 Å². The van der Waals surface area contributed by atoms with E-state index in [1.54, 1.807) is 0 Å². The second-order valence-corrected chi connectivity index (χ2v) is 6.39. The van der Waals surface area contributed by atoms with Gasteiger partial charge in [-0.1, -0.05) is 0 Å². The number of nitriles is 1. The third-order valence-electron chi connectivity index (χ3n) is 4.83. The van der Waals surface area contributed by atoms with E-state index in [0.29, 0.717) is 12.5 Å². The summed E-state index contributed by atoms with van der Waals surface area (Å²) in [6, 6.07) is 4.29. The first-order valence-electron chi connectivity index (χ1n) is 7.83. The molecule has 2 aliphatic heterocycles. The zero-order valence-corrected chi connectivity index (χ0v) is 13.0. The second kappa shape index (κ2) is 6.00. The Labute approximate surface area is 133 Å². The van der Waals surface area contributed by atoms with Crippen molar-refractivity contribution in [3.63, 3.8) is 0 Å². The summed E-state index contributed by atoms with van der Waals surface area (Å²) >= 11 is 0. The molecule has 0 amide bonds. The molecule has 0 bridgehead atoms. The Hall–Kier alpha value is -1.81. The molecule has 2 saturated heterocycles. The standard InChI is InChI=1S/C16H19F3N4/c1-22-8-6-13-12(10-22)3-2-7-23(13)15-11(9-20)4-5-14(21-15)16(17,18)19/h4-5,12-13H,2-3,6-8,10H2,1H3/t12-,13-/m1/s1. The highest BCUT2D eigenvalue weighted by Gasteiger charge is 2.38. The summed E-state index contributed by atoms with van der Waals surface area (Å²) in [5.41, 5.74) is -0.709. The third-order valence-corrected chi connectivity index (χ3v) is 4.83. The van der Waals surface area contributed by atoms with Crippen molar-refractivity contribution in [3.05, 3.63) is 23.4 Å². The van der Waals surface area contributed by atoms with E-state index in [0.717, 1.165) is 38.4 Å². The first-order chi connectivity index (χ1) is 10.9. The van der Waals surface area contributed by atoms with Gasteiger partial charge >= 0.3 is 6.18 Å². The molecule has 1 aromatic rings. The highest BCUT2D eigenvalue weighted by molar-refractivity contribution is 5.55. The fraction of sp³-hybridized carbons (Fsp3) is 0.625. The van der Waals surface area contributed by atoms with Gasteiger partial charge in [0.1, 0.15) is 17.6 Å². The lowest BCUT2D eigenvalue weighted by molar-refractivity contribution is -0.141. The molecule has 0 aromatic carbocycles. The van der Waals surface area contributed by atoms with Crippen molar-refractivity contribution >= 4 is 5.82 Å². The van der Waals surface area contributed by atoms with Crippen LogP contribution in [0.15, 0.2) is 12.1 Å². The summed E-state index contributed by atoms with van der Waals surface area (Å²) in [6.07, 6.45) is -1.61. The number of hydrogen-bond acceptors (Lipinski definition) is 4. The quantitative estimate of drug-likeness (QED) is 0.797. The van der Waals surface area contributed by atoms with Gasteiger partial charge in [-0.05, 0) is 50.9 Å². The lowest BCUT2D eigenvalue weighted by Gasteiger charge is -2.47. The first-order valence-corrected chi connectivity index (χ1v) is 7.83. The smallest absolute Gasteiger partial charge is 0.352 e. The number of aromatic nitrogens is 1. The summed E-state index contributed by atoms with van der Waals surface area (Å²) in [6.45, 7) is 2.52. The maximum atomic E-state index is 13.0. The number of nitrogens with zero attached hydrogens (tertiary/aromatic N) is 4. The molecule has 124 valence electrons. The Morgan fingerprint density at radius 3 is 2.74 bits per heavy atom. The van der Waals surface area contributed by atoms with Crippen molar-refractivity contribution in [2.24, 2.45) is 5.92 Å². The number of halogens is 3.